The van der Waals surface area contributed by atoms with Crippen LogP contribution in [0.2, 0.25) is 0 Å². The molecule has 1 fully saturated rings. The lowest BCUT2D eigenvalue weighted by atomic mass is 9.97. The number of carbonyl (C=O) groups excluding carboxylic acids is 1. The van der Waals surface area contributed by atoms with Gasteiger partial charge in [-0.15, -0.1) is 0 Å². The summed E-state index contributed by atoms with van der Waals surface area (Å²) in [5, 5.41) is 4.70. The van der Waals surface area contributed by atoms with Crippen LogP contribution in [0.3, 0.4) is 0 Å². The molecule has 1 aromatic carbocycles. The third kappa shape index (κ3) is 3.99. The molecule has 0 bridgehead atoms. The Kier molecular flexibility index (Phi) is 5.65. The van der Waals surface area contributed by atoms with E-state index in [9.17, 15) is 4.79 Å². The van der Waals surface area contributed by atoms with Crippen LogP contribution in [0, 0.1) is 10.7 Å². The zero-order valence-corrected chi connectivity index (χ0v) is 15.5. The average molecular weight is 360 g/mol. The zero-order valence-electron chi connectivity index (χ0n) is 14.7. The van der Waals surface area contributed by atoms with Gasteiger partial charge in [0.1, 0.15) is 0 Å². The van der Waals surface area contributed by atoms with E-state index in [2.05, 4.69) is 4.90 Å². The maximum absolute atomic E-state index is 11.8. The van der Waals surface area contributed by atoms with E-state index in [1.807, 2.05) is 53.6 Å². The molecule has 0 radical (unpaired) electrons. The minimum Gasteiger partial charge on any atom is -0.466 e. The van der Waals surface area contributed by atoms with Crippen LogP contribution in [0.25, 0.3) is 11.4 Å². The van der Waals surface area contributed by atoms with Crippen molar-refractivity contribution in [3.8, 4) is 11.4 Å². The van der Waals surface area contributed by atoms with Gasteiger partial charge in [-0.05, 0) is 32.0 Å². The van der Waals surface area contributed by atoms with Gasteiger partial charge in [0.25, 0.3) is 0 Å². The number of rotatable bonds is 5. The third-order valence-corrected chi connectivity index (χ3v) is 5.10. The summed E-state index contributed by atoms with van der Waals surface area (Å²) in [7, 11) is 1.95. The van der Waals surface area contributed by atoms with E-state index >= 15 is 0 Å². The van der Waals surface area contributed by atoms with Crippen LogP contribution in [0.5, 0.6) is 0 Å². The van der Waals surface area contributed by atoms with Crippen molar-refractivity contribution in [3.63, 3.8) is 0 Å². The number of nitrogens with zero attached hydrogens (tertiary/aromatic N) is 4. The Hall–Kier alpha value is -1.99. The molecule has 2 heterocycles. The van der Waals surface area contributed by atoms with Gasteiger partial charge in [-0.3, -0.25) is 9.69 Å². The molecule has 1 aliphatic rings. The summed E-state index contributed by atoms with van der Waals surface area (Å²) in [6.07, 6.45) is 1.65. The van der Waals surface area contributed by atoms with Gasteiger partial charge in [0.15, 0.2) is 10.6 Å². The van der Waals surface area contributed by atoms with Gasteiger partial charge in [-0.2, -0.15) is 5.10 Å². The smallest absolute Gasteiger partial charge is 0.309 e. The number of likely N-dealkylation sites (tertiary alicyclic amines) is 1. The standard InChI is InChI=1S/C18H24N4O2S/c1-3-24-17(23)15-9-11-21(12-10-15)13-22-18(25)20(2)16(19-22)14-7-5-4-6-8-14/h4-8,15H,3,9-13H2,1-2H3. The van der Waals surface area contributed by atoms with Crippen molar-refractivity contribution in [1.29, 1.82) is 0 Å². The number of benzene rings is 1. The lowest BCUT2D eigenvalue weighted by Crippen LogP contribution is -2.38. The van der Waals surface area contributed by atoms with Gasteiger partial charge >= 0.3 is 5.97 Å². The molecule has 3 rings (SSSR count). The van der Waals surface area contributed by atoms with Crippen LogP contribution in [0.4, 0.5) is 0 Å². The minimum absolute atomic E-state index is 0.0211. The number of hydrogen-bond donors (Lipinski definition) is 0. The number of hydrogen-bond acceptors (Lipinski definition) is 5. The van der Waals surface area contributed by atoms with Crippen molar-refractivity contribution in [2.75, 3.05) is 19.7 Å². The van der Waals surface area contributed by atoms with Crippen molar-refractivity contribution in [3.05, 3.63) is 35.1 Å². The minimum atomic E-state index is -0.0667. The molecule has 7 heteroatoms. The number of piperidine rings is 1. The first kappa shape index (κ1) is 17.8. The third-order valence-electron chi connectivity index (χ3n) is 4.61. The molecule has 0 unspecified atom stereocenters. The summed E-state index contributed by atoms with van der Waals surface area (Å²) in [6.45, 7) is 4.64. The highest BCUT2D eigenvalue weighted by atomic mass is 32.1. The van der Waals surface area contributed by atoms with E-state index in [1.54, 1.807) is 0 Å². The quantitative estimate of drug-likeness (QED) is 0.606. The maximum Gasteiger partial charge on any atom is 0.309 e. The molecule has 25 heavy (non-hydrogen) atoms. The Balaban J connectivity index is 1.67. The number of ether oxygens (including phenoxy) is 1. The van der Waals surface area contributed by atoms with Crippen LogP contribution >= 0.6 is 12.2 Å². The van der Waals surface area contributed by atoms with E-state index in [1.165, 1.54) is 0 Å². The topological polar surface area (TPSA) is 52.3 Å². The molecule has 0 saturated carbocycles. The van der Waals surface area contributed by atoms with Gasteiger partial charge in [0.2, 0.25) is 0 Å². The van der Waals surface area contributed by atoms with E-state index in [-0.39, 0.29) is 11.9 Å². The molecule has 1 aromatic heterocycles. The van der Waals surface area contributed by atoms with Gasteiger partial charge in [-0.25, -0.2) is 4.68 Å². The lowest BCUT2D eigenvalue weighted by molar-refractivity contribution is -0.149. The van der Waals surface area contributed by atoms with Gasteiger partial charge in [-0.1, -0.05) is 30.3 Å². The summed E-state index contributed by atoms with van der Waals surface area (Å²) in [6, 6.07) is 10.1. The second kappa shape index (κ2) is 7.93. The molecular weight excluding hydrogens is 336 g/mol. The predicted octanol–water partition coefficient (Wildman–Crippen LogP) is 2.85. The average Bonchev–Trinajstić information content (AvgIpc) is 2.92. The highest BCUT2D eigenvalue weighted by molar-refractivity contribution is 7.71. The molecule has 1 saturated heterocycles. The van der Waals surface area contributed by atoms with Gasteiger partial charge < -0.3 is 9.30 Å². The summed E-state index contributed by atoms with van der Waals surface area (Å²) in [4.78, 5) is 14.1. The Morgan fingerprint density at radius 3 is 2.60 bits per heavy atom. The van der Waals surface area contributed by atoms with Crippen LogP contribution in [-0.2, 0) is 23.2 Å². The highest BCUT2D eigenvalue weighted by Crippen LogP contribution is 2.20. The fourth-order valence-electron chi connectivity index (χ4n) is 3.18. The first-order chi connectivity index (χ1) is 12.1. The molecule has 0 N–H and O–H groups in total. The molecule has 6 nitrogen and oxygen atoms in total. The normalized spacial score (nSPS) is 16.1. The number of carbonyl (C=O) groups is 1. The maximum atomic E-state index is 11.8. The summed E-state index contributed by atoms with van der Waals surface area (Å²) >= 11 is 5.54. The number of aromatic nitrogens is 3. The fourth-order valence-corrected chi connectivity index (χ4v) is 3.36. The summed E-state index contributed by atoms with van der Waals surface area (Å²) in [5.41, 5.74) is 1.05. The predicted molar refractivity (Wildman–Crippen MR) is 98.4 cm³/mol. The fraction of sp³-hybridized carbons (Fsp3) is 0.500. The lowest BCUT2D eigenvalue weighted by Gasteiger charge is -2.30. The molecule has 0 aliphatic carbocycles. The van der Waals surface area contributed by atoms with Crippen LogP contribution < -0.4 is 0 Å². The highest BCUT2D eigenvalue weighted by Gasteiger charge is 2.26. The van der Waals surface area contributed by atoms with Crippen molar-refractivity contribution < 1.29 is 9.53 Å². The Morgan fingerprint density at radius 2 is 1.96 bits per heavy atom. The van der Waals surface area contributed by atoms with Gasteiger partial charge in [0.05, 0.1) is 19.2 Å². The van der Waals surface area contributed by atoms with E-state index in [0.29, 0.717) is 18.0 Å². The zero-order chi connectivity index (χ0) is 17.8. The Morgan fingerprint density at radius 1 is 1.28 bits per heavy atom. The molecule has 2 aromatic rings. The second-order valence-corrected chi connectivity index (χ2v) is 6.68. The Bertz CT molecular complexity index is 776. The SMILES string of the molecule is CCOC(=O)C1CCN(Cn2nc(-c3ccccc3)n(C)c2=S)CC1. The summed E-state index contributed by atoms with van der Waals surface area (Å²) < 4.78 is 9.63. The Labute approximate surface area is 153 Å². The van der Waals surface area contributed by atoms with Crippen LogP contribution in [0.15, 0.2) is 30.3 Å². The molecule has 0 amide bonds. The largest absolute Gasteiger partial charge is 0.466 e. The van der Waals surface area contributed by atoms with Crippen LogP contribution in [-0.4, -0.2) is 44.9 Å². The second-order valence-electron chi connectivity index (χ2n) is 6.32. The van der Waals surface area contributed by atoms with Crippen LogP contribution in [0.1, 0.15) is 19.8 Å². The molecule has 0 atom stereocenters. The van der Waals surface area contributed by atoms with E-state index in [4.69, 9.17) is 22.1 Å². The van der Waals surface area contributed by atoms with E-state index in [0.717, 1.165) is 37.3 Å². The van der Waals surface area contributed by atoms with E-state index < -0.39 is 0 Å². The monoisotopic (exact) mass is 360 g/mol. The molecular formula is C18H24N4O2S. The molecule has 0 spiro atoms. The molecule has 134 valence electrons. The summed E-state index contributed by atoms with van der Waals surface area (Å²) in [5.74, 6) is 0.822. The van der Waals surface area contributed by atoms with Crippen molar-refractivity contribution in [2.45, 2.75) is 26.4 Å². The first-order valence-electron chi connectivity index (χ1n) is 8.68. The van der Waals surface area contributed by atoms with Gasteiger partial charge in [0, 0.05) is 25.7 Å². The van der Waals surface area contributed by atoms with Crippen molar-refractivity contribution in [2.24, 2.45) is 13.0 Å². The van der Waals surface area contributed by atoms with Crippen molar-refractivity contribution in [1.82, 2.24) is 19.2 Å². The molecule has 1 aliphatic heterocycles. The first-order valence-corrected chi connectivity index (χ1v) is 9.09. The van der Waals surface area contributed by atoms with Crippen molar-refractivity contribution >= 4 is 18.2 Å². The number of esters is 1.